The minimum atomic E-state index is -4.92. The van der Waals surface area contributed by atoms with Crippen molar-refractivity contribution in [3.8, 4) is 5.75 Å². The Morgan fingerprint density at radius 2 is 1.68 bits per heavy atom. The van der Waals surface area contributed by atoms with Crippen molar-refractivity contribution in [1.29, 1.82) is 0 Å². The Balaban J connectivity index is 2.25. The first-order valence-electron chi connectivity index (χ1n) is 6.89. The first kappa shape index (κ1) is 18.2. The summed E-state index contributed by atoms with van der Waals surface area (Å²) >= 11 is 0. The predicted molar refractivity (Wildman–Crippen MR) is 81.8 cm³/mol. The zero-order chi connectivity index (χ0) is 18.6. The summed E-state index contributed by atoms with van der Waals surface area (Å²) in [6, 6.07) is 8.13. The minimum absolute atomic E-state index is 0.0630. The summed E-state index contributed by atoms with van der Waals surface area (Å²) in [5.74, 6) is -2.69. The molecule has 0 aliphatic carbocycles. The van der Waals surface area contributed by atoms with Gasteiger partial charge in [0.2, 0.25) is 5.91 Å². The lowest BCUT2D eigenvalue weighted by Gasteiger charge is -2.14. The summed E-state index contributed by atoms with van der Waals surface area (Å²) in [5, 5.41) is 4.46. The molecule has 0 saturated carbocycles. The fourth-order valence-corrected chi connectivity index (χ4v) is 1.93. The number of nitrogens with one attached hydrogen (secondary N) is 2. The standard InChI is InChI=1S/C16H12F4N2O3/c1-9(23)21-13-8-10(6-7-11(13)17)15(24)22-12-4-2-3-5-14(12)25-16(18,19)20/h2-8H,1H3,(H,21,23)(H,22,24). The van der Waals surface area contributed by atoms with Gasteiger partial charge in [-0.25, -0.2) is 4.39 Å². The molecule has 0 aromatic heterocycles. The third-order valence-electron chi connectivity index (χ3n) is 2.90. The van der Waals surface area contributed by atoms with Crippen LogP contribution in [0.5, 0.6) is 5.75 Å². The number of anilines is 2. The van der Waals surface area contributed by atoms with E-state index in [4.69, 9.17) is 0 Å². The number of rotatable bonds is 4. The number of ether oxygens (including phenoxy) is 1. The molecule has 132 valence electrons. The molecule has 2 rings (SSSR count). The lowest BCUT2D eigenvalue weighted by molar-refractivity contribution is -0.274. The molecule has 2 aromatic rings. The number of halogens is 4. The summed E-state index contributed by atoms with van der Waals surface area (Å²) in [4.78, 5) is 23.2. The van der Waals surface area contributed by atoms with Gasteiger partial charge in [-0.1, -0.05) is 12.1 Å². The lowest BCUT2D eigenvalue weighted by Crippen LogP contribution is -2.19. The zero-order valence-electron chi connectivity index (χ0n) is 12.8. The van der Waals surface area contributed by atoms with E-state index in [0.717, 1.165) is 31.2 Å². The molecule has 5 nitrogen and oxygen atoms in total. The van der Waals surface area contributed by atoms with Crippen molar-refractivity contribution in [3.63, 3.8) is 0 Å². The molecule has 0 saturated heterocycles. The van der Waals surface area contributed by atoms with E-state index in [1.54, 1.807) is 0 Å². The van der Waals surface area contributed by atoms with Crippen LogP contribution >= 0.6 is 0 Å². The van der Waals surface area contributed by atoms with Crippen LogP contribution in [0, 0.1) is 5.82 Å². The van der Waals surface area contributed by atoms with Crippen molar-refractivity contribution >= 4 is 23.2 Å². The Morgan fingerprint density at radius 3 is 2.32 bits per heavy atom. The fraction of sp³-hybridized carbons (Fsp3) is 0.125. The van der Waals surface area contributed by atoms with E-state index in [1.165, 1.54) is 18.2 Å². The number of benzene rings is 2. The first-order chi connectivity index (χ1) is 11.7. The van der Waals surface area contributed by atoms with E-state index in [2.05, 4.69) is 15.4 Å². The summed E-state index contributed by atoms with van der Waals surface area (Å²) in [6.07, 6.45) is -4.92. The fourth-order valence-electron chi connectivity index (χ4n) is 1.93. The van der Waals surface area contributed by atoms with Crippen molar-refractivity contribution in [2.45, 2.75) is 13.3 Å². The second-order valence-electron chi connectivity index (χ2n) is 4.87. The highest BCUT2D eigenvalue weighted by Gasteiger charge is 2.32. The van der Waals surface area contributed by atoms with Crippen molar-refractivity contribution < 1.29 is 31.9 Å². The van der Waals surface area contributed by atoms with Crippen molar-refractivity contribution in [1.82, 2.24) is 0 Å². The Hall–Kier alpha value is -3.10. The number of amides is 2. The monoisotopic (exact) mass is 356 g/mol. The number of hydrogen-bond donors (Lipinski definition) is 2. The molecule has 2 aromatic carbocycles. The Bertz CT molecular complexity index is 806. The summed E-state index contributed by atoms with van der Waals surface area (Å²) in [6.45, 7) is 1.16. The first-order valence-corrected chi connectivity index (χ1v) is 6.89. The smallest absolute Gasteiger partial charge is 0.404 e. The summed E-state index contributed by atoms with van der Waals surface area (Å²) in [5.41, 5.74) is -0.498. The van der Waals surface area contributed by atoms with Gasteiger partial charge >= 0.3 is 6.36 Å². The number of carbonyl (C=O) groups excluding carboxylic acids is 2. The number of alkyl halides is 3. The van der Waals surface area contributed by atoms with E-state index in [0.29, 0.717) is 0 Å². The molecular formula is C16H12F4N2O3. The van der Waals surface area contributed by atoms with Crippen LogP contribution in [-0.2, 0) is 4.79 Å². The van der Waals surface area contributed by atoms with Crippen LogP contribution in [0.1, 0.15) is 17.3 Å². The highest BCUT2D eigenvalue weighted by atomic mass is 19.4. The van der Waals surface area contributed by atoms with Crippen LogP contribution in [0.15, 0.2) is 42.5 Å². The number of carbonyl (C=O) groups is 2. The van der Waals surface area contributed by atoms with Gasteiger partial charge in [0.15, 0.2) is 5.75 Å². The molecule has 0 radical (unpaired) electrons. The maximum absolute atomic E-state index is 13.6. The van der Waals surface area contributed by atoms with Crippen LogP contribution in [0.25, 0.3) is 0 Å². The lowest BCUT2D eigenvalue weighted by atomic mass is 10.1. The van der Waals surface area contributed by atoms with Crippen LogP contribution < -0.4 is 15.4 Å². The van der Waals surface area contributed by atoms with E-state index < -0.39 is 29.7 Å². The molecule has 0 aliphatic rings. The van der Waals surface area contributed by atoms with Crippen molar-refractivity contribution in [2.75, 3.05) is 10.6 Å². The predicted octanol–water partition coefficient (Wildman–Crippen LogP) is 3.94. The molecule has 0 spiro atoms. The summed E-state index contributed by atoms with van der Waals surface area (Å²) in [7, 11) is 0. The van der Waals surface area contributed by atoms with E-state index >= 15 is 0 Å². The molecule has 0 fully saturated rings. The molecule has 0 aliphatic heterocycles. The van der Waals surface area contributed by atoms with Crippen LogP contribution in [0.3, 0.4) is 0 Å². The summed E-state index contributed by atoms with van der Waals surface area (Å²) < 4.78 is 54.6. The molecule has 25 heavy (non-hydrogen) atoms. The highest BCUT2D eigenvalue weighted by Crippen LogP contribution is 2.30. The molecule has 0 heterocycles. The Morgan fingerprint density at radius 1 is 1.00 bits per heavy atom. The Kier molecular flexibility index (Phi) is 5.26. The van der Waals surface area contributed by atoms with E-state index in [1.807, 2.05) is 0 Å². The molecular weight excluding hydrogens is 344 g/mol. The highest BCUT2D eigenvalue weighted by molar-refractivity contribution is 6.06. The van der Waals surface area contributed by atoms with Gasteiger partial charge in [-0.3, -0.25) is 9.59 Å². The average Bonchev–Trinajstić information content (AvgIpc) is 2.49. The number of para-hydroxylation sites is 2. The maximum Gasteiger partial charge on any atom is 0.573 e. The van der Waals surface area contributed by atoms with Crippen molar-refractivity contribution in [3.05, 3.63) is 53.8 Å². The van der Waals surface area contributed by atoms with E-state index in [9.17, 15) is 27.2 Å². The van der Waals surface area contributed by atoms with Gasteiger partial charge in [0.05, 0.1) is 11.4 Å². The van der Waals surface area contributed by atoms with Gasteiger partial charge in [0.1, 0.15) is 5.82 Å². The molecule has 2 amide bonds. The normalized spacial score (nSPS) is 10.9. The molecule has 0 unspecified atom stereocenters. The van der Waals surface area contributed by atoms with Gasteiger partial charge in [-0.15, -0.1) is 13.2 Å². The average molecular weight is 356 g/mol. The zero-order valence-corrected chi connectivity index (χ0v) is 12.8. The second kappa shape index (κ2) is 7.20. The molecule has 2 N–H and O–H groups in total. The largest absolute Gasteiger partial charge is 0.573 e. The Labute approximate surface area is 139 Å². The van der Waals surface area contributed by atoms with Gasteiger partial charge in [-0.05, 0) is 30.3 Å². The maximum atomic E-state index is 13.6. The molecule has 0 bridgehead atoms. The van der Waals surface area contributed by atoms with E-state index in [-0.39, 0.29) is 16.9 Å². The van der Waals surface area contributed by atoms with Crippen LogP contribution in [-0.4, -0.2) is 18.2 Å². The third-order valence-corrected chi connectivity index (χ3v) is 2.90. The van der Waals surface area contributed by atoms with Gasteiger partial charge in [0, 0.05) is 12.5 Å². The molecule has 9 heteroatoms. The topological polar surface area (TPSA) is 67.4 Å². The van der Waals surface area contributed by atoms with Gasteiger partial charge < -0.3 is 15.4 Å². The van der Waals surface area contributed by atoms with Gasteiger partial charge in [0.25, 0.3) is 5.91 Å². The van der Waals surface area contributed by atoms with Crippen LogP contribution in [0.2, 0.25) is 0 Å². The SMILES string of the molecule is CC(=O)Nc1cc(C(=O)Nc2ccccc2OC(F)(F)F)ccc1F. The third kappa shape index (κ3) is 5.20. The van der Waals surface area contributed by atoms with Gasteiger partial charge in [-0.2, -0.15) is 0 Å². The molecule has 0 atom stereocenters. The van der Waals surface area contributed by atoms with Crippen LogP contribution in [0.4, 0.5) is 28.9 Å². The quantitative estimate of drug-likeness (QED) is 0.816. The second-order valence-corrected chi connectivity index (χ2v) is 4.87. The number of hydrogen-bond acceptors (Lipinski definition) is 3. The minimum Gasteiger partial charge on any atom is -0.404 e. The van der Waals surface area contributed by atoms with Crippen molar-refractivity contribution in [2.24, 2.45) is 0 Å².